The van der Waals surface area contributed by atoms with Crippen molar-refractivity contribution in [1.82, 2.24) is 14.6 Å². The number of sulfonamides is 1. The largest absolute Gasteiger partial charge is 0.497 e. The molecule has 9 heteroatoms. The maximum Gasteiger partial charge on any atom is 0.243 e. The van der Waals surface area contributed by atoms with Crippen molar-refractivity contribution in [3.63, 3.8) is 0 Å². The highest BCUT2D eigenvalue weighted by atomic mass is 32.2. The minimum absolute atomic E-state index is 0.0460. The smallest absolute Gasteiger partial charge is 0.243 e. The molecular weight excluding hydrogens is 517 g/mol. The highest BCUT2D eigenvalue weighted by Crippen LogP contribution is 2.30. The number of nitrogens with one attached hydrogen (secondary N) is 1. The quantitative estimate of drug-likeness (QED) is 0.325. The maximum absolute atomic E-state index is 13.7. The molecular formula is C30H28FN3O4S. The van der Waals surface area contributed by atoms with E-state index in [0.29, 0.717) is 23.1 Å². The molecule has 4 aromatic rings. The molecule has 0 radical (unpaired) electrons. The first-order valence-electron chi connectivity index (χ1n) is 12.5. The zero-order valence-electron chi connectivity index (χ0n) is 21.3. The average molecular weight is 546 g/mol. The monoisotopic (exact) mass is 545 g/mol. The molecule has 1 aromatic heterocycles. The molecule has 0 bridgehead atoms. The molecule has 1 N–H and O–H groups in total. The van der Waals surface area contributed by atoms with Gasteiger partial charge in [-0.25, -0.2) is 17.5 Å². The molecule has 0 saturated carbocycles. The molecule has 5 rings (SSSR count). The van der Waals surface area contributed by atoms with Crippen molar-refractivity contribution in [2.45, 2.75) is 36.4 Å². The number of aromatic nitrogens is 1. The highest BCUT2D eigenvalue weighted by molar-refractivity contribution is 7.89. The van der Waals surface area contributed by atoms with E-state index in [1.165, 1.54) is 18.2 Å². The second kappa shape index (κ2) is 11.3. The Bertz CT molecular complexity index is 1600. The molecule has 0 saturated heterocycles. The summed E-state index contributed by atoms with van der Waals surface area (Å²) >= 11 is 0. The van der Waals surface area contributed by atoms with Gasteiger partial charge in [-0.2, -0.15) is 0 Å². The van der Waals surface area contributed by atoms with Gasteiger partial charge in [0, 0.05) is 30.6 Å². The number of benzene rings is 3. The van der Waals surface area contributed by atoms with Gasteiger partial charge in [0.1, 0.15) is 16.5 Å². The number of rotatable bonds is 7. The third-order valence-electron chi connectivity index (χ3n) is 6.75. The van der Waals surface area contributed by atoms with Crippen molar-refractivity contribution < 1.29 is 22.3 Å². The second-order valence-corrected chi connectivity index (χ2v) is 11.1. The summed E-state index contributed by atoms with van der Waals surface area (Å²) < 4.78 is 48.4. The fraction of sp³-hybridized carbons (Fsp3) is 0.200. The number of pyridine rings is 1. The summed E-state index contributed by atoms with van der Waals surface area (Å²) in [7, 11) is -2.38. The van der Waals surface area contributed by atoms with Crippen molar-refractivity contribution >= 4 is 26.8 Å². The lowest BCUT2D eigenvalue weighted by atomic mass is 9.98. The molecule has 0 fully saturated rings. The van der Waals surface area contributed by atoms with Gasteiger partial charge in [0.15, 0.2) is 0 Å². The third-order valence-corrected chi connectivity index (χ3v) is 8.30. The fourth-order valence-electron chi connectivity index (χ4n) is 4.77. The Labute approximate surface area is 227 Å². The zero-order chi connectivity index (χ0) is 27.4. The normalized spacial score (nSPS) is 18.9. The van der Waals surface area contributed by atoms with Crippen LogP contribution in [0.2, 0.25) is 0 Å². The van der Waals surface area contributed by atoms with Gasteiger partial charge in [0.2, 0.25) is 15.9 Å². The minimum atomic E-state index is -3.97. The van der Waals surface area contributed by atoms with Crippen LogP contribution in [-0.2, 0) is 21.4 Å². The summed E-state index contributed by atoms with van der Waals surface area (Å²) in [5, 5.41) is 0.710. The van der Waals surface area contributed by atoms with Crippen LogP contribution < -0.4 is 9.46 Å². The van der Waals surface area contributed by atoms with Crippen LogP contribution in [0.5, 0.6) is 5.75 Å². The van der Waals surface area contributed by atoms with E-state index in [1.54, 1.807) is 54.6 Å². The van der Waals surface area contributed by atoms with Gasteiger partial charge < -0.3 is 9.64 Å². The number of hydrogen-bond acceptors (Lipinski definition) is 5. The zero-order valence-corrected chi connectivity index (χ0v) is 22.1. The van der Waals surface area contributed by atoms with Crippen LogP contribution in [0.3, 0.4) is 0 Å². The summed E-state index contributed by atoms with van der Waals surface area (Å²) in [4.78, 5) is 19.8. The molecule has 3 aromatic carbocycles. The molecule has 2 heterocycles. The molecule has 7 nitrogen and oxygen atoms in total. The number of methoxy groups -OCH3 is 1. The predicted molar refractivity (Wildman–Crippen MR) is 147 cm³/mol. The molecule has 0 aliphatic carbocycles. The van der Waals surface area contributed by atoms with Gasteiger partial charge in [-0.3, -0.25) is 9.78 Å². The van der Waals surface area contributed by atoms with E-state index < -0.39 is 22.1 Å². The number of nitrogens with zero attached hydrogens (tertiary/aromatic N) is 2. The molecule has 0 unspecified atom stereocenters. The number of para-hydroxylation sites is 1. The fourth-order valence-corrected chi connectivity index (χ4v) is 6.20. The van der Waals surface area contributed by atoms with Crippen LogP contribution in [0.4, 0.5) is 4.39 Å². The number of carbonyl (C=O) groups excluding carboxylic acids is 1. The minimum Gasteiger partial charge on any atom is -0.497 e. The SMILES string of the molecule is COc1ccc([C@H]2/C=C\C[C@H](NS(=O)(=O)c3cccc4cccnc34)CC(=O)N2Cc2ccc(F)cc2)cc1. The van der Waals surface area contributed by atoms with Crippen molar-refractivity contribution in [3.05, 3.63) is 114 Å². The van der Waals surface area contributed by atoms with Gasteiger partial charge in [-0.15, -0.1) is 0 Å². The Hall–Kier alpha value is -4.08. The van der Waals surface area contributed by atoms with E-state index in [0.717, 1.165) is 11.1 Å². The van der Waals surface area contributed by atoms with Gasteiger partial charge >= 0.3 is 0 Å². The van der Waals surface area contributed by atoms with E-state index >= 15 is 0 Å². The van der Waals surface area contributed by atoms with Crippen LogP contribution in [0.15, 0.2) is 102 Å². The number of fused-ring (bicyclic) bond motifs is 1. The first kappa shape index (κ1) is 26.5. The Balaban J connectivity index is 1.45. The maximum atomic E-state index is 13.7. The third kappa shape index (κ3) is 6.00. The van der Waals surface area contributed by atoms with Crippen LogP contribution >= 0.6 is 0 Å². The van der Waals surface area contributed by atoms with Gasteiger partial charge in [0.25, 0.3) is 0 Å². The average Bonchev–Trinajstić information content (AvgIpc) is 2.94. The molecule has 0 spiro atoms. The van der Waals surface area contributed by atoms with Crippen molar-refractivity contribution in [2.75, 3.05) is 7.11 Å². The Kier molecular flexibility index (Phi) is 7.72. The molecule has 1 aliphatic heterocycles. The van der Waals surface area contributed by atoms with Crippen LogP contribution in [0.25, 0.3) is 10.9 Å². The standard InChI is InChI=1S/C30H28FN3O4S/c1-38-26-16-12-22(13-17-26)27-8-3-7-25(19-29(35)34(27)20-21-10-14-24(31)15-11-21)33-39(36,37)28-9-2-5-23-6-4-18-32-30(23)28/h2-6,8-18,25,27,33H,7,19-20H2,1H3/b8-3-/t25-,27+/m0/s1. The van der Waals surface area contributed by atoms with Gasteiger partial charge in [0.05, 0.1) is 18.7 Å². The van der Waals surface area contributed by atoms with Crippen LogP contribution in [-0.4, -0.2) is 37.4 Å². The van der Waals surface area contributed by atoms with Gasteiger partial charge in [-0.1, -0.05) is 54.6 Å². The number of hydrogen-bond donors (Lipinski definition) is 1. The van der Waals surface area contributed by atoms with E-state index in [1.807, 2.05) is 36.4 Å². The highest BCUT2D eigenvalue weighted by Gasteiger charge is 2.30. The topological polar surface area (TPSA) is 88.6 Å². The number of halogens is 1. The molecule has 1 amide bonds. The summed E-state index contributed by atoms with van der Waals surface area (Å²) in [6.07, 6.45) is 5.64. The summed E-state index contributed by atoms with van der Waals surface area (Å²) in [6, 6.07) is 20.9. The van der Waals surface area contributed by atoms with E-state index in [2.05, 4.69) is 9.71 Å². The molecule has 39 heavy (non-hydrogen) atoms. The van der Waals surface area contributed by atoms with Crippen LogP contribution in [0.1, 0.15) is 30.0 Å². The first-order valence-corrected chi connectivity index (χ1v) is 14.0. The van der Waals surface area contributed by atoms with Gasteiger partial charge in [-0.05, 0) is 53.9 Å². The lowest BCUT2D eigenvalue weighted by Crippen LogP contribution is -2.42. The molecule has 1 aliphatic rings. The lowest BCUT2D eigenvalue weighted by molar-refractivity contribution is -0.134. The Morgan fingerprint density at radius 1 is 1.03 bits per heavy atom. The lowest BCUT2D eigenvalue weighted by Gasteiger charge is -2.33. The number of carbonyl (C=O) groups is 1. The summed E-state index contributed by atoms with van der Waals surface area (Å²) in [5.74, 6) is 0.109. The van der Waals surface area contributed by atoms with Crippen molar-refractivity contribution in [2.24, 2.45) is 0 Å². The number of ether oxygens (including phenoxy) is 1. The van der Waals surface area contributed by atoms with Crippen LogP contribution in [0, 0.1) is 5.82 Å². The van der Waals surface area contributed by atoms with E-state index in [-0.39, 0.29) is 29.6 Å². The second-order valence-electron chi connectivity index (χ2n) is 9.38. The summed E-state index contributed by atoms with van der Waals surface area (Å²) in [5.41, 5.74) is 2.01. The Morgan fingerprint density at radius 2 is 1.77 bits per heavy atom. The first-order chi connectivity index (χ1) is 18.8. The predicted octanol–water partition coefficient (Wildman–Crippen LogP) is 5.15. The van der Waals surface area contributed by atoms with Crippen molar-refractivity contribution in [1.29, 1.82) is 0 Å². The number of amides is 1. The van der Waals surface area contributed by atoms with E-state index in [9.17, 15) is 17.6 Å². The van der Waals surface area contributed by atoms with E-state index in [4.69, 9.17) is 4.74 Å². The van der Waals surface area contributed by atoms with Crippen molar-refractivity contribution in [3.8, 4) is 5.75 Å². The Morgan fingerprint density at radius 3 is 2.51 bits per heavy atom. The molecule has 200 valence electrons. The molecule has 2 atom stereocenters. The summed E-state index contributed by atoms with van der Waals surface area (Å²) in [6.45, 7) is 0.229.